The highest BCUT2D eigenvalue weighted by atomic mass is 16.5. The van der Waals surface area contributed by atoms with Crippen molar-refractivity contribution in [1.29, 1.82) is 0 Å². The number of carbonyl (C=O) groups is 1. The lowest BCUT2D eigenvalue weighted by Gasteiger charge is -2.14. The summed E-state index contributed by atoms with van der Waals surface area (Å²) < 4.78 is 11.0. The molecule has 36 heavy (non-hydrogen) atoms. The highest BCUT2D eigenvalue weighted by molar-refractivity contribution is 5.87. The van der Waals surface area contributed by atoms with Gasteiger partial charge in [0.15, 0.2) is 5.76 Å². The van der Waals surface area contributed by atoms with Crippen LogP contribution in [0.3, 0.4) is 0 Å². The van der Waals surface area contributed by atoms with Gasteiger partial charge in [-0.2, -0.15) is 0 Å². The number of nitrogens with zero attached hydrogens (tertiary/aromatic N) is 1. The fourth-order valence-electron chi connectivity index (χ4n) is 4.69. The van der Waals surface area contributed by atoms with E-state index in [2.05, 4.69) is 90.1 Å². The molecule has 1 aromatic heterocycles. The lowest BCUT2D eigenvalue weighted by atomic mass is 9.93. The third kappa shape index (κ3) is 4.90. The summed E-state index contributed by atoms with van der Waals surface area (Å²) in [6, 6.07) is 27.1. The molecule has 0 unspecified atom stereocenters. The Hall–Kier alpha value is -3.92. The lowest BCUT2D eigenvalue weighted by molar-refractivity contribution is -0.146. The number of ether oxygens (including phenoxy) is 1. The van der Waals surface area contributed by atoms with Crippen LogP contribution in [0.1, 0.15) is 42.1 Å². The van der Waals surface area contributed by atoms with Crippen LogP contribution in [0, 0.1) is 6.92 Å². The maximum absolute atomic E-state index is 12.4. The largest absolute Gasteiger partial charge is 0.465 e. The fourth-order valence-corrected chi connectivity index (χ4v) is 4.69. The van der Waals surface area contributed by atoms with E-state index >= 15 is 0 Å². The van der Waals surface area contributed by atoms with E-state index in [0.29, 0.717) is 6.61 Å². The van der Waals surface area contributed by atoms with Gasteiger partial charge in [-0.1, -0.05) is 96.2 Å². The summed E-state index contributed by atoms with van der Waals surface area (Å²) in [4.78, 5) is 12.4. The second-order valence-corrected chi connectivity index (χ2v) is 9.40. The minimum absolute atomic E-state index is 0.102. The van der Waals surface area contributed by atoms with Gasteiger partial charge >= 0.3 is 5.97 Å². The van der Waals surface area contributed by atoms with E-state index in [1.165, 1.54) is 5.56 Å². The number of aromatic nitrogens is 1. The summed E-state index contributed by atoms with van der Waals surface area (Å²) >= 11 is 0. The van der Waals surface area contributed by atoms with Gasteiger partial charge in [0.25, 0.3) is 0 Å². The molecule has 0 bridgehead atoms. The van der Waals surface area contributed by atoms with Crippen molar-refractivity contribution >= 4 is 5.97 Å². The second-order valence-electron chi connectivity index (χ2n) is 9.40. The molecular formula is C32H31NO3. The zero-order valence-electron chi connectivity index (χ0n) is 20.9. The van der Waals surface area contributed by atoms with Gasteiger partial charge in [-0.25, -0.2) is 0 Å². The van der Waals surface area contributed by atoms with E-state index in [-0.39, 0.29) is 5.97 Å². The highest BCUT2D eigenvalue weighted by Gasteiger charge is 2.52. The van der Waals surface area contributed by atoms with Crippen molar-refractivity contribution in [2.24, 2.45) is 0 Å². The predicted octanol–water partition coefficient (Wildman–Crippen LogP) is 7.25. The van der Waals surface area contributed by atoms with Crippen LogP contribution in [0.15, 0.2) is 95.5 Å². The number of allylic oxidation sites excluding steroid dienone is 2. The molecule has 4 nitrogen and oxygen atoms in total. The number of esters is 1. The molecule has 0 spiro atoms. The molecule has 1 aliphatic rings. The highest BCUT2D eigenvalue weighted by Crippen LogP contribution is 2.49. The minimum Gasteiger partial charge on any atom is -0.465 e. The van der Waals surface area contributed by atoms with E-state index in [1.54, 1.807) is 0 Å². The zero-order chi connectivity index (χ0) is 25.0. The van der Waals surface area contributed by atoms with Crippen LogP contribution in [0.5, 0.6) is 0 Å². The van der Waals surface area contributed by atoms with Gasteiger partial charge in [-0.3, -0.25) is 4.79 Å². The smallest absolute Gasteiger partial charge is 0.316 e. The van der Waals surface area contributed by atoms with Crippen LogP contribution in [0.2, 0.25) is 0 Å². The molecule has 4 aromatic rings. The van der Waals surface area contributed by atoms with Crippen LogP contribution < -0.4 is 0 Å². The predicted molar refractivity (Wildman–Crippen MR) is 143 cm³/mol. The van der Waals surface area contributed by atoms with Crippen molar-refractivity contribution in [3.63, 3.8) is 0 Å². The monoisotopic (exact) mass is 477 g/mol. The van der Waals surface area contributed by atoms with Gasteiger partial charge in [-0.15, -0.1) is 0 Å². The molecule has 3 aromatic carbocycles. The Bertz CT molecular complexity index is 1350. The molecule has 1 heterocycles. The van der Waals surface area contributed by atoms with Crippen molar-refractivity contribution < 1.29 is 14.1 Å². The van der Waals surface area contributed by atoms with Gasteiger partial charge in [0.05, 0.1) is 17.7 Å². The summed E-state index contributed by atoms with van der Waals surface area (Å²) in [7, 11) is 0. The Balaban J connectivity index is 1.28. The average molecular weight is 478 g/mol. The van der Waals surface area contributed by atoms with Crippen molar-refractivity contribution in [2.45, 2.75) is 44.9 Å². The first kappa shape index (κ1) is 23.8. The lowest BCUT2D eigenvalue weighted by Crippen LogP contribution is -2.23. The Morgan fingerprint density at radius 1 is 0.889 bits per heavy atom. The molecule has 1 fully saturated rings. The summed E-state index contributed by atoms with van der Waals surface area (Å²) in [5.74, 6) is 0.721. The Morgan fingerprint density at radius 3 is 2.14 bits per heavy atom. The Labute approximate surface area is 212 Å². The first-order chi connectivity index (χ1) is 17.6. The second kappa shape index (κ2) is 10.4. The molecular weight excluding hydrogens is 446 g/mol. The molecule has 0 aliphatic heterocycles. The molecule has 1 saturated carbocycles. The van der Waals surface area contributed by atoms with Crippen LogP contribution >= 0.6 is 0 Å². The van der Waals surface area contributed by atoms with Crippen LogP contribution in [-0.2, 0) is 27.8 Å². The molecule has 0 atom stereocenters. The number of benzene rings is 3. The zero-order valence-corrected chi connectivity index (χ0v) is 20.9. The van der Waals surface area contributed by atoms with E-state index in [4.69, 9.17) is 9.26 Å². The van der Waals surface area contributed by atoms with Crippen molar-refractivity contribution in [1.82, 2.24) is 5.16 Å². The maximum Gasteiger partial charge on any atom is 0.316 e. The number of hydrogen-bond acceptors (Lipinski definition) is 4. The summed E-state index contributed by atoms with van der Waals surface area (Å²) in [6.07, 6.45) is 7.80. The average Bonchev–Trinajstić information content (AvgIpc) is 3.66. The quantitative estimate of drug-likeness (QED) is 0.188. The number of hydrogen-bond donors (Lipinski definition) is 0. The molecule has 1 aliphatic carbocycles. The number of aryl methyl sites for hydroxylation is 1. The maximum atomic E-state index is 12.4. The first-order valence-electron chi connectivity index (χ1n) is 12.6. The van der Waals surface area contributed by atoms with Gasteiger partial charge < -0.3 is 9.26 Å². The van der Waals surface area contributed by atoms with E-state index < -0.39 is 5.41 Å². The molecule has 0 N–H and O–H groups in total. The van der Waals surface area contributed by atoms with Gasteiger partial charge in [0.2, 0.25) is 0 Å². The summed E-state index contributed by atoms with van der Waals surface area (Å²) in [5.41, 5.74) is 7.19. The SMILES string of the molecule is CCOC(=O)C1(c2ccc(-c3ccc(-c4onc(C)c4CC=CCc4ccccc4)cc3)cc2)CC1. The van der Waals surface area contributed by atoms with E-state index in [0.717, 1.165) is 65.0 Å². The fraction of sp³-hybridized carbons (Fsp3) is 0.250. The van der Waals surface area contributed by atoms with Crippen LogP contribution in [0.25, 0.3) is 22.5 Å². The molecule has 0 amide bonds. The third-order valence-corrected chi connectivity index (χ3v) is 7.00. The van der Waals surface area contributed by atoms with Crippen LogP contribution in [0.4, 0.5) is 0 Å². The Morgan fingerprint density at radius 2 is 1.50 bits per heavy atom. The molecule has 0 saturated heterocycles. The van der Waals surface area contributed by atoms with Crippen molar-refractivity contribution in [3.05, 3.63) is 113 Å². The topological polar surface area (TPSA) is 52.3 Å². The number of rotatable bonds is 9. The standard InChI is InChI=1S/C32H31NO3/c1-3-35-31(34)32(21-22-32)28-19-17-26(18-20-28)25-13-15-27(16-14-25)30-29(23(2)33-36-30)12-8-7-11-24-9-5-4-6-10-24/h4-10,13-20H,3,11-12,21-22H2,1-2H3. The molecule has 4 heteroatoms. The third-order valence-electron chi connectivity index (χ3n) is 7.00. The normalized spacial score (nSPS) is 14.2. The van der Waals surface area contributed by atoms with Crippen molar-refractivity contribution in [3.8, 4) is 22.5 Å². The minimum atomic E-state index is -0.436. The van der Waals surface area contributed by atoms with Gasteiger partial charge in [0, 0.05) is 11.1 Å². The first-order valence-corrected chi connectivity index (χ1v) is 12.6. The number of carbonyl (C=O) groups excluding carboxylic acids is 1. The van der Waals surface area contributed by atoms with Gasteiger partial charge in [-0.05, 0) is 61.8 Å². The van der Waals surface area contributed by atoms with Gasteiger partial charge in [0.1, 0.15) is 0 Å². The molecule has 182 valence electrons. The molecule has 0 radical (unpaired) electrons. The summed E-state index contributed by atoms with van der Waals surface area (Å²) in [5, 5.41) is 4.23. The van der Waals surface area contributed by atoms with E-state index in [9.17, 15) is 4.79 Å². The van der Waals surface area contributed by atoms with E-state index in [1.807, 2.05) is 19.9 Å². The molecule has 5 rings (SSSR count). The Kier molecular flexibility index (Phi) is 6.86. The van der Waals surface area contributed by atoms with Crippen LogP contribution in [-0.4, -0.2) is 17.7 Å². The van der Waals surface area contributed by atoms with Crippen molar-refractivity contribution in [2.75, 3.05) is 6.61 Å². The summed E-state index contributed by atoms with van der Waals surface area (Å²) in [6.45, 7) is 4.26.